The van der Waals surface area contributed by atoms with E-state index in [4.69, 9.17) is 0 Å². The fourth-order valence-corrected chi connectivity index (χ4v) is 3.26. The Morgan fingerprint density at radius 3 is 2.58 bits per heavy atom. The lowest BCUT2D eigenvalue weighted by molar-refractivity contribution is -0.119. The normalized spacial score (nSPS) is 20.0. The number of carbonyl (C=O) groups excluding carboxylic acids is 2. The lowest BCUT2D eigenvalue weighted by Crippen LogP contribution is -2.47. The van der Waals surface area contributed by atoms with Gasteiger partial charge in [0.25, 0.3) is 5.91 Å². The topological polar surface area (TPSA) is 68.8 Å². The molecule has 2 saturated heterocycles. The standard InChI is InChI=1S/C17H25N5O2/c1-20-9-11-22(12-10-20)16-15(3-2-6-18-16)17(24)19-14-4-7-21(13-23)8-5-14/h2-3,6,13-14H,4-5,7-12H2,1H3,(H,19,24). The predicted molar refractivity (Wildman–Crippen MR) is 92.1 cm³/mol. The molecule has 24 heavy (non-hydrogen) atoms. The van der Waals surface area contributed by atoms with Gasteiger partial charge in [0.2, 0.25) is 6.41 Å². The van der Waals surface area contributed by atoms with Gasteiger partial charge in [-0.2, -0.15) is 0 Å². The van der Waals surface area contributed by atoms with E-state index < -0.39 is 0 Å². The third-order valence-electron chi connectivity index (χ3n) is 4.85. The van der Waals surface area contributed by atoms with E-state index in [1.165, 1.54) is 0 Å². The highest BCUT2D eigenvalue weighted by molar-refractivity contribution is 5.99. The minimum absolute atomic E-state index is 0.0680. The molecule has 0 aromatic carbocycles. The number of aromatic nitrogens is 1. The van der Waals surface area contributed by atoms with Crippen LogP contribution >= 0.6 is 0 Å². The van der Waals surface area contributed by atoms with Gasteiger partial charge in [0.05, 0.1) is 5.56 Å². The van der Waals surface area contributed by atoms with Crippen molar-refractivity contribution in [3.8, 4) is 0 Å². The maximum Gasteiger partial charge on any atom is 0.255 e. The molecule has 130 valence electrons. The number of piperazine rings is 1. The smallest absolute Gasteiger partial charge is 0.255 e. The third kappa shape index (κ3) is 3.84. The lowest BCUT2D eigenvalue weighted by atomic mass is 10.0. The summed E-state index contributed by atoms with van der Waals surface area (Å²) in [7, 11) is 2.11. The molecule has 1 aromatic heterocycles. The van der Waals surface area contributed by atoms with Gasteiger partial charge in [0.1, 0.15) is 5.82 Å². The first kappa shape index (κ1) is 16.7. The van der Waals surface area contributed by atoms with Crippen LogP contribution in [0.5, 0.6) is 0 Å². The molecule has 0 atom stereocenters. The number of piperidine rings is 1. The second-order valence-corrected chi connectivity index (χ2v) is 6.55. The van der Waals surface area contributed by atoms with Crippen LogP contribution in [0.15, 0.2) is 18.3 Å². The van der Waals surface area contributed by atoms with E-state index in [0.717, 1.165) is 51.2 Å². The van der Waals surface area contributed by atoms with E-state index in [2.05, 4.69) is 27.1 Å². The number of rotatable bonds is 4. The number of nitrogens with zero attached hydrogens (tertiary/aromatic N) is 4. The van der Waals surface area contributed by atoms with Crippen molar-refractivity contribution in [2.45, 2.75) is 18.9 Å². The summed E-state index contributed by atoms with van der Waals surface area (Å²) in [4.78, 5) is 34.2. The molecule has 0 saturated carbocycles. The zero-order valence-electron chi connectivity index (χ0n) is 14.1. The first-order chi connectivity index (χ1) is 11.7. The average Bonchev–Trinajstić information content (AvgIpc) is 2.63. The Labute approximate surface area is 142 Å². The van der Waals surface area contributed by atoms with Gasteiger partial charge in [0.15, 0.2) is 0 Å². The van der Waals surface area contributed by atoms with Crippen LogP contribution < -0.4 is 10.2 Å². The molecule has 2 aliphatic rings. The van der Waals surface area contributed by atoms with Gasteiger partial charge in [0, 0.05) is 51.5 Å². The molecule has 1 N–H and O–H groups in total. The monoisotopic (exact) mass is 331 g/mol. The second kappa shape index (κ2) is 7.61. The Morgan fingerprint density at radius 1 is 1.21 bits per heavy atom. The van der Waals surface area contributed by atoms with E-state index in [0.29, 0.717) is 18.7 Å². The molecule has 2 amide bonds. The van der Waals surface area contributed by atoms with Gasteiger partial charge < -0.3 is 20.0 Å². The number of likely N-dealkylation sites (N-methyl/N-ethyl adjacent to an activating group) is 1. The fraction of sp³-hybridized carbons (Fsp3) is 0.588. The summed E-state index contributed by atoms with van der Waals surface area (Å²) < 4.78 is 0. The second-order valence-electron chi connectivity index (χ2n) is 6.55. The van der Waals surface area contributed by atoms with Crippen molar-refractivity contribution in [3.63, 3.8) is 0 Å². The molecular weight excluding hydrogens is 306 g/mol. The molecule has 7 heteroatoms. The van der Waals surface area contributed by atoms with Crippen molar-refractivity contribution in [1.29, 1.82) is 0 Å². The Hall–Kier alpha value is -2.15. The first-order valence-electron chi connectivity index (χ1n) is 8.56. The van der Waals surface area contributed by atoms with Gasteiger partial charge in [-0.1, -0.05) is 0 Å². The molecule has 0 spiro atoms. The summed E-state index contributed by atoms with van der Waals surface area (Å²) in [6.07, 6.45) is 4.22. The van der Waals surface area contributed by atoms with E-state index in [-0.39, 0.29) is 11.9 Å². The van der Waals surface area contributed by atoms with Crippen molar-refractivity contribution in [3.05, 3.63) is 23.9 Å². The molecule has 2 aliphatic heterocycles. The summed E-state index contributed by atoms with van der Waals surface area (Å²) in [6.45, 7) is 5.11. The van der Waals surface area contributed by atoms with Gasteiger partial charge in [-0.3, -0.25) is 9.59 Å². The van der Waals surface area contributed by atoms with Crippen LogP contribution in [0.25, 0.3) is 0 Å². The summed E-state index contributed by atoms with van der Waals surface area (Å²) in [5.74, 6) is 0.704. The zero-order valence-corrected chi connectivity index (χ0v) is 14.1. The highest BCUT2D eigenvalue weighted by Crippen LogP contribution is 2.19. The van der Waals surface area contributed by atoms with Gasteiger partial charge in [-0.05, 0) is 32.0 Å². The summed E-state index contributed by atoms with van der Waals surface area (Å²) >= 11 is 0. The number of carbonyl (C=O) groups is 2. The lowest BCUT2D eigenvalue weighted by Gasteiger charge is -2.34. The van der Waals surface area contributed by atoms with E-state index in [1.54, 1.807) is 11.1 Å². The third-order valence-corrected chi connectivity index (χ3v) is 4.85. The Kier molecular flexibility index (Phi) is 5.30. The number of anilines is 1. The van der Waals surface area contributed by atoms with Crippen molar-refractivity contribution in [1.82, 2.24) is 20.1 Å². The van der Waals surface area contributed by atoms with E-state index >= 15 is 0 Å². The number of hydrogen-bond acceptors (Lipinski definition) is 5. The van der Waals surface area contributed by atoms with Crippen LogP contribution in [0.4, 0.5) is 5.82 Å². The predicted octanol–water partition coefficient (Wildman–Crippen LogP) is 0.184. The van der Waals surface area contributed by atoms with Crippen LogP contribution in [0, 0.1) is 0 Å². The minimum Gasteiger partial charge on any atom is -0.353 e. The first-order valence-corrected chi connectivity index (χ1v) is 8.56. The van der Waals surface area contributed by atoms with E-state index in [1.807, 2.05) is 12.1 Å². The van der Waals surface area contributed by atoms with Crippen LogP contribution in [0.2, 0.25) is 0 Å². The maximum atomic E-state index is 12.7. The van der Waals surface area contributed by atoms with Crippen LogP contribution in [0.1, 0.15) is 23.2 Å². The van der Waals surface area contributed by atoms with E-state index in [9.17, 15) is 9.59 Å². The van der Waals surface area contributed by atoms with Gasteiger partial charge in [-0.15, -0.1) is 0 Å². The fourth-order valence-electron chi connectivity index (χ4n) is 3.26. The number of amides is 2. The number of likely N-dealkylation sites (tertiary alicyclic amines) is 1. The van der Waals surface area contributed by atoms with Crippen molar-refractivity contribution >= 4 is 18.1 Å². The van der Waals surface area contributed by atoms with Gasteiger partial charge >= 0.3 is 0 Å². The SMILES string of the molecule is CN1CCN(c2ncccc2C(=O)NC2CCN(C=O)CC2)CC1. The molecule has 0 bridgehead atoms. The highest BCUT2D eigenvalue weighted by Gasteiger charge is 2.24. The summed E-state index contributed by atoms with van der Waals surface area (Å²) in [5, 5.41) is 3.11. The summed E-state index contributed by atoms with van der Waals surface area (Å²) in [5.41, 5.74) is 0.639. The Morgan fingerprint density at radius 2 is 1.92 bits per heavy atom. The number of nitrogens with one attached hydrogen (secondary N) is 1. The molecule has 1 aromatic rings. The Bertz CT molecular complexity index is 578. The molecule has 0 radical (unpaired) electrons. The zero-order chi connectivity index (χ0) is 16.9. The van der Waals surface area contributed by atoms with Crippen LogP contribution in [0.3, 0.4) is 0 Å². The number of pyridine rings is 1. The minimum atomic E-state index is -0.0680. The van der Waals surface area contributed by atoms with Crippen molar-refractivity contribution in [2.24, 2.45) is 0 Å². The Balaban J connectivity index is 1.66. The molecule has 0 aliphatic carbocycles. The average molecular weight is 331 g/mol. The van der Waals surface area contributed by atoms with Crippen molar-refractivity contribution < 1.29 is 9.59 Å². The molecule has 2 fully saturated rings. The molecular formula is C17H25N5O2. The van der Waals surface area contributed by atoms with Gasteiger partial charge in [-0.25, -0.2) is 4.98 Å². The number of hydrogen-bond donors (Lipinski definition) is 1. The maximum absolute atomic E-state index is 12.7. The quantitative estimate of drug-likeness (QED) is 0.798. The highest BCUT2D eigenvalue weighted by atomic mass is 16.2. The van der Waals surface area contributed by atoms with Crippen LogP contribution in [-0.2, 0) is 4.79 Å². The molecule has 7 nitrogen and oxygen atoms in total. The van der Waals surface area contributed by atoms with Crippen molar-refractivity contribution in [2.75, 3.05) is 51.2 Å². The molecule has 3 heterocycles. The largest absolute Gasteiger partial charge is 0.353 e. The molecule has 0 unspecified atom stereocenters. The summed E-state index contributed by atoms with van der Waals surface area (Å²) in [6, 6.07) is 3.77. The molecule has 3 rings (SSSR count). The van der Waals surface area contributed by atoms with Crippen LogP contribution in [-0.4, -0.2) is 79.5 Å².